The number of carbonyl (C=O) groups excluding carboxylic acids is 1. The van der Waals surface area contributed by atoms with E-state index in [0.29, 0.717) is 12.3 Å². The highest BCUT2D eigenvalue weighted by Crippen LogP contribution is 2.23. The Morgan fingerprint density at radius 1 is 1.29 bits per heavy atom. The molecule has 2 rings (SSSR count). The van der Waals surface area contributed by atoms with Crippen LogP contribution >= 0.6 is 11.8 Å². The van der Waals surface area contributed by atoms with Gasteiger partial charge >= 0.3 is 0 Å². The summed E-state index contributed by atoms with van der Waals surface area (Å²) in [5.41, 5.74) is 1.79. The smallest absolute Gasteiger partial charge is 0.234 e. The summed E-state index contributed by atoms with van der Waals surface area (Å²) in [6.07, 6.45) is 7.24. The van der Waals surface area contributed by atoms with Crippen LogP contribution in [0.4, 0.5) is 5.69 Å². The van der Waals surface area contributed by atoms with Gasteiger partial charge in [-0.15, -0.1) is 11.8 Å². The van der Waals surface area contributed by atoms with Crippen molar-refractivity contribution in [1.29, 1.82) is 0 Å². The quantitative estimate of drug-likeness (QED) is 0.919. The normalized spacial score (nSPS) is 11.6. The number of hydrogen-bond acceptors (Lipinski definition) is 4. The first-order chi connectivity index (χ1) is 9.82. The van der Waals surface area contributed by atoms with Gasteiger partial charge in [-0.1, -0.05) is 20.8 Å². The molecule has 114 valence electrons. The van der Waals surface area contributed by atoms with E-state index in [9.17, 15) is 4.79 Å². The molecule has 2 heterocycles. The zero-order valence-corrected chi connectivity index (χ0v) is 13.6. The predicted octanol–water partition coefficient (Wildman–Crippen LogP) is 2.14. The molecule has 0 fully saturated rings. The van der Waals surface area contributed by atoms with Gasteiger partial charge < -0.3 is 5.32 Å². The van der Waals surface area contributed by atoms with Gasteiger partial charge in [-0.25, -0.2) is 0 Å². The van der Waals surface area contributed by atoms with Gasteiger partial charge in [-0.2, -0.15) is 10.2 Å². The van der Waals surface area contributed by atoms with Crippen molar-refractivity contribution in [2.75, 3.05) is 11.1 Å². The first-order valence-electron chi connectivity index (χ1n) is 6.75. The number of anilines is 1. The standard InChI is InChI=1S/C14H21N5OS/c1-14(2,3)21-10-13(20)17-12-6-16-19(9-12)8-11-5-15-18(4)7-11/h5-7,9H,8,10H2,1-4H3,(H,17,20). The molecular formula is C14H21N5OS. The highest BCUT2D eigenvalue weighted by Gasteiger charge is 2.13. The maximum absolute atomic E-state index is 11.8. The van der Waals surface area contributed by atoms with Crippen LogP contribution in [0, 0.1) is 0 Å². The molecule has 0 atom stereocenters. The van der Waals surface area contributed by atoms with E-state index in [4.69, 9.17) is 0 Å². The number of nitrogens with zero attached hydrogens (tertiary/aromatic N) is 4. The first kappa shape index (κ1) is 15.6. The van der Waals surface area contributed by atoms with Crippen molar-refractivity contribution in [3.05, 3.63) is 30.4 Å². The number of amides is 1. The van der Waals surface area contributed by atoms with Crippen molar-refractivity contribution in [2.24, 2.45) is 7.05 Å². The van der Waals surface area contributed by atoms with Gasteiger partial charge in [0.05, 0.1) is 30.4 Å². The fourth-order valence-electron chi connectivity index (χ4n) is 1.73. The molecule has 0 unspecified atom stereocenters. The van der Waals surface area contributed by atoms with Crippen molar-refractivity contribution < 1.29 is 4.79 Å². The maximum atomic E-state index is 11.8. The largest absolute Gasteiger partial charge is 0.323 e. The number of nitrogens with one attached hydrogen (secondary N) is 1. The molecular weight excluding hydrogens is 286 g/mol. The third-order valence-corrected chi connectivity index (χ3v) is 3.93. The fourth-order valence-corrected chi connectivity index (χ4v) is 2.37. The second-order valence-corrected chi connectivity index (χ2v) is 7.70. The molecule has 0 radical (unpaired) electrons. The van der Waals surface area contributed by atoms with E-state index in [0.717, 1.165) is 11.3 Å². The molecule has 21 heavy (non-hydrogen) atoms. The Balaban J connectivity index is 1.86. The molecule has 0 saturated carbocycles. The van der Waals surface area contributed by atoms with E-state index in [1.165, 1.54) is 0 Å². The van der Waals surface area contributed by atoms with Crippen LogP contribution in [0.1, 0.15) is 26.3 Å². The Labute approximate surface area is 128 Å². The molecule has 0 spiro atoms. The Kier molecular flexibility index (Phi) is 4.72. The minimum absolute atomic E-state index is 0.00384. The predicted molar refractivity (Wildman–Crippen MR) is 85.4 cm³/mol. The van der Waals surface area contributed by atoms with Gasteiger partial charge in [0.1, 0.15) is 0 Å². The van der Waals surface area contributed by atoms with Crippen LogP contribution in [0.15, 0.2) is 24.8 Å². The highest BCUT2D eigenvalue weighted by molar-refractivity contribution is 8.01. The van der Waals surface area contributed by atoms with E-state index >= 15 is 0 Å². The third-order valence-electron chi connectivity index (χ3n) is 2.66. The summed E-state index contributed by atoms with van der Waals surface area (Å²) in [7, 11) is 1.88. The number of hydrogen-bond donors (Lipinski definition) is 1. The van der Waals surface area contributed by atoms with E-state index in [-0.39, 0.29) is 10.7 Å². The second kappa shape index (κ2) is 6.34. The van der Waals surface area contributed by atoms with Crippen molar-refractivity contribution in [1.82, 2.24) is 19.6 Å². The molecule has 2 aromatic heterocycles. The fraction of sp³-hybridized carbons (Fsp3) is 0.500. The van der Waals surface area contributed by atoms with Gasteiger partial charge in [-0.3, -0.25) is 14.2 Å². The van der Waals surface area contributed by atoms with Crippen LogP contribution in [0.3, 0.4) is 0 Å². The summed E-state index contributed by atoms with van der Waals surface area (Å²) in [6, 6.07) is 0. The molecule has 0 aliphatic carbocycles. The second-order valence-electron chi connectivity index (χ2n) is 5.90. The number of aromatic nitrogens is 4. The number of thioether (sulfide) groups is 1. The maximum Gasteiger partial charge on any atom is 0.234 e. The monoisotopic (exact) mass is 307 g/mol. The molecule has 0 bridgehead atoms. The average molecular weight is 307 g/mol. The lowest BCUT2D eigenvalue weighted by atomic mass is 10.3. The summed E-state index contributed by atoms with van der Waals surface area (Å²) in [5, 5.41) is 11.2. The van der Waals surface area contributed by atoms with Crippen LogP contribution < -0.4 is 5.32 Å². The van der Waals surface area contributed by atoms with E-state index in [1.54, 1.807) is 33.5 Å². The summed E-state index contributed by atoms with van der Waals surface area (Å²) in [4.78, 5) is 11.8. The van der Waals surface area contributed by atoms with Crippen molar-refractivity contribution in [3.8, 4) is 0 Å². The third kappa shape index (κ3) is 5.26. The lowest BCUT2D eigenvalue weighted by Crippen LogP contribution is -2.18. The Bertz CT molecular complexity index is 611. The molecule has 6 nitrogen and oxygen atoms in total. The molecule has 0 aliphatic rings. The summed E-state index contributed by atoms with van der Waals surface area (Å²) >= 11 is 1.62. The summed E-state index contributed by atoms with van der Waals surface area (Å²) in [5.74, 6) is 0.438. The number of aryl methyl sites for hydroxylation is 1. The van der Waals surface area contributed by atoms with Gasteiger partial charge in [0.2, 0.25) is 5.91 Å². The molecule has 0 saturated heterocycles. The van der Waals surface area contributed by atoms with Crippen LogP contribution in [0.25, 0.3) is 0 Å². The molecule has 1 amide bonds. The van der Waals surface area contributed by atoms with Crippen LogP contribution in [-0.2, 0) is 18.4 Å². The van der Waals surface area contributed by atoms with E-state index in [2.05, 4.69) is 36.3 Å². The van der Waals surface area contributed by atoms with Crippen LogP contribution in [0.2, 0.25) is 0 Å². The van der Waals surface area contributed by atoms with E-state index < -0.39 is 0 Å². The minimum Gasteiger partial charge on any atom is -0.323 e. The molecule has 0 aromatic carbocycles. The lowest BCUT2D eigenvalue weighted by molar-refractivity contribution is -0.113. The SMILES string of the molecule is Cn1cc(Cn2cc(NC(=O)CSC(C)(C)C)cn2)cn1. The van der Waals surface area contributed by atoms with Crippen molar-refractivity contribution in [3.63, 3.8) is 0 Å². The Morgan fingerprint density at radius 3 is 2.67 bits per heavy atom. The molecule has 1 N–H and O–H groups in total. The molecule has 0 aliphatic heterocycles. The number of carbonyl (C=O) groups is 1. The first-order valence-corrected chi connectivity index (χ1v) is 7.74. The summed E-state index contributed by atoms with van der Waals surface area (Å²) in [6.45, 7) is 6.92. The lowest BCUT2D eigenvalue weighted by Gasteiger charge is -2.16. The van der Waals surface area contributed by atoms with Crippen molar-refractivity contribution in [2.45, 2.75) is 32.1 Å². The van der Waals surface area contributed by atoms with Gasteiger partial charge in [0.15, 0.2) is 0 Å². The zero-order chi connectivity index (χ0) is 15.5. The Hall–Kier alpha value is -1.76. The van der Waals surface area contributed by atoms with E-state index in [1.807, 2.05) is 19.4 Å². The van der Waals surface area contributed by atoms with Crippen LogP contribution in [-0.4, -0.2) is 36.0 Å². The van der Waals surface area contributed by atoms with Crippen LogP contribution in [0.5, 0.6) is 0 Å². The van der Waals surface area contributed by atoms with Crippen molar-refractivity contribution >= 4 is 23.4 Å². The Morgan fingerprint density at radius 2 is 2.05 bits per heavy atom. The van der Waals surface area contributed by atoms with Gasteiger partial charge in [0, 0.05) is 29.8 Å². The molecule has 7 heteroatoms. The average Bonchev–Trinajstić information content (AvgIpc) is 2.96. The summed E-state index contributed by atoms with van der Waals surface area (Å²) < 4.78 is 3.62. The minimum atomic E-state index is -0.00384. The molecule has 2 aromatic rings. The zero-order valence-electron chi connectivity index (χ0n) is 12.8. The highest BCUT2D eigenvalue weighted by atomic mass is 32.2. The topological polar surface area (TPSA) is 64.7 Å². The number of rotatable bonds is 5. The van der Waals surface area contributed by atoms with Gasteiger partial charge in [0.25, 0.3) is 0 Å². The van der Waals surface area contributed by atoms with Gasteiger partial charge in [-0.05, 0) is 0 Å².